The minimum atomic E-state index is -0.639. The van der Waals surface area contributed by atoms with E-state index in [1.807, 2.05) is 45.0 Å². The number of aliphatic hydroxyl groups is 1. The zero-order valence-electron chi connectivity index (χ0n) is 10.8. The van der Waals surface area contributed by atoms with Crippen LogP contribution in [-0.2, 0) is 6.42 Å². The Balaban J connectivity index is 2.27. The fourth-order valence-corrected chi connectivity index (χ4v) is 1.56. The summed E-state index contributed by atoms with van der Waals surface area (Å²) in [6.07, 6.45) is 0.950. The number of halogens is 1. The lowest BCUT2D eigenvalue weighted by Crippen LogP contribution is -2.42. The topological polar surface area (TPSA) is 32.3 Å². The number of rotatable bonds is 6. The van der Waals surface area contributed by atoms with Gasteiger partial charge in [-0.1, -0.05) is 37.6 Å². The molecule has 2 nitrogen and oxygen atoms in total. The standard InChI is InChI=1S/C14H22ClNO/c1-11(2)14(3,17)10-16-9-8-12-4-6-13(15)7-5-12/h4-7,11,16-17H,8-10H2,1-3H3. The third kappa shape index (κ3) is 5.07. The van der Waals surface area contributed by atoms with Gasteiger partial charge in [0.05, 0.1) is 5.60 Å². The summed E-state index contributed by atoms with van der Waals surface area (Å²) in [7, 11) is 0. The average molecular weight is 256 g/mol. The molecule has 0 aliphatic rings. The second-order valence-electron chi connectivity index (χ2n) is 5.07. The summed E-state index contributed by atoms with van der Waals surface area (Å²) in [5.74, 6) is 0.255. The molecule has 1 atom stereocenters. The first-order valence-corrected chi connectivity index (χ1v) is 6.47. The monoisotopic (exact) mass is 255 g/mol. The summed E-state index contributed by atoms with van der Waals surface area (Å²) < 4.78 is 0. The van der Waals surface area contributed by atoms with E-state index in [-0.39, 0.29) is 5.92 Å². The highest BCUT2D eigenvalue weighted by Crippen LogP contribution is 2.14. The van der Waals surface area contributed by atoms with Crippen LogP contribution in [0.3, 0.4) is 0 Å². The minimum absolute atomic E-state index is 0.255. The molecular formula is C14H22ClNO. The van der Waals surface area contributed by atoms with Crippen LogP contribution in [0.5, 0.6) is 0 Å². The zero-order chi connectivity index (χ0) is 12.9. The molecule has 2 N–H and O–H groups in total. The van der Waals surface area contributed by atoms with Crippen molar-refractivity contribution in [2.45, 2.75) is 32.8 Å². The van der Waals surface area contributed by atoms with Crippen molar-refractivity contribution in [3.05, 3.63) is 34.9 Å². The molecular weight excluding hydrogens is 234 g/mol. The van der Waals surface area contributed by atoms with Crippen molar-refractivity contribution in [3.63, 3.8) is 0 Å². The summed E-state index contributed by atoms with van der Waals surface area (Å²) in [5.41, 5.74) is 0.617. The maximum Gasteiger partial charge on any atom is 0.0766 e. The molecule has 17 heavy (non-hydrogen) atoms. The Hall–Kier alpha value is -0.570. The van der Waals surface area contributed by atoms with Crippen LogP contribution in [0.1, 0.15) is 26.3 Å². The number of nitrogens with one attached hydrogen (secondary N) is 1. The van der Waals surface area contributed by atoms with Gasteiger partial charge in [-0.05, 0) is 43.5 Å². The van der Waals surface area contributed by atoms with E-state index in [4.69, 9.17) is 11.6 Å². The first kappa shape index (κ1) is 14.5. The predicted molar refractivity (Wildman–Crippen MR) is 73.5 cm³/mol. The smallest absolute Gasteiger partial charge is 0.0766 e. The van der Waals surface area contributed by atoms with Crippen molar-refractivity contribution in [1.29, 1.82) is 0 Å². The van der Waals surface area contributed by atoms with Crippen LogP contribution in [0, 0.1) is 5.92 Å². The Bertz CT molecular complexity index is 333. The summed E-state index contributed by atoms with van der Waals surface area (Å²) in [5, 5.41) is 14.1. The van der Waals surface area contributed by atoms with Gasteiger partial charge in [0.15, 0.2) is 0 Å². The fourth-order valence-electron chi connectivity index (χ4n) is 1.43. The molecule has 0 saturated carbocycles. The van der Waals surface area contributed by atoms with E-state index in [1.54, 1.807) is 0 Å². The summed E-state index contributed by atoms with van der Waals surface area (Å²) >= 11 is 5.82. The van der Waals surface area contributed by atoms with Crippen molar-refractivity contribution in [2.24, 2.45) is 5.92 Å². The van der Waals surface area contributed by atoms with Crippen LogP contribution in [0.25, 0.3) is 0 Å². The van der Waals surface area contributed by atoms with Crippen molar-refractivity contribution in [1.82, 2.24) is 5.32 Å². The van der Waals surface area contributed by atoms with E-state index >= 15 is 0 Å². The molecule has 96 valence electrons. The van der Waals surface area contributed by atoms with Crippen LogP contribution in [0.2, 0.25) is 5.02 Å². The van der Waals surface area contributed by atoms with Gasteiger partial charge in [0.25, 0.3) is 0 Å². The summed E-state index contributed by atoms with van der Waals surface area (Å²) in [4.78, 5) is 0. The van der Waals surface area contributed by atoms with Gasteiger partial charge in [-0.2, -0.15) is 0 Å². The first-order chi connectivity index (χ1) is 7.92. The van der Waals surface area contributed by atoms with Gasteiger partial charge in [0.2, 0.25) is 0 Å². The number of benzene rings is 1. The third-order valence-electron chi connectivity index (χ3n) is 3.23. The van der Waals surface area contributed by atoms with Crippen molar-refractivity contribution < 1.29 is 5.11 Å². The molecule has 0 aliphatic carbocycles. The molecule has 0 heterocycles. The molecule has 0 bridgehead atoms. The molecule has 0 aliphatic heterocycles. The van der Waals surface area contributed by atoms with Gasteiger partial charge in [-0.3, -0.25) is 0 Å². The maximum atomic E-state index is 10.0. The Kier molecular flexibility index (Phi) is 5.44. The van der Waals surface area contributed by atoms with Gasteiger partial charge in [-0.15, -0.1) is 0 Å². The molecule has 0 aromatic heterocycles. The van der Waals surface area contributed by atoms with E-state index in [9.17, 15) is 5.11 Å². The highest BCUT2D eigenvalue weighted by atomic mass is 35.5. The lowest BCUT2D eigenvalue weighted by molar-refractivity contribution is 0.0145. The van der Waals surface area contributed by atoms with Gasteiger partial charge >= 0.3 is 0 Å². The molecule has 1 rings (SSSR count). The lowest BCUT2D eigenvalue weighted by atomic mass is 9.92. The fraction of sp³-hybridized carbons (Fsp3) is 0.571. The molecule has 1 aromatic carbocycles. The lowest BCUT2D eigenvalue weighted by Gasteiger charge is -2.28. The van der Waals surface area contributed by atoms with Crippen LogP contribution >= 0.6 is 11.6 Å². The van der Waals surface area contributed by atoms with Gasteiger partial charge in [0, 0.05) is 11.6 Å². The van der Waals surface area contributed by atoms with Crippen LogP contribution in [0.4, 0.5) is 0 Å². The second kappa shape index (κ2) is 6.39. The zero-order valence-corrected chi connectivity index (χ0v) is 11.6. The maximum absolute atomic E-state index is 10.0. The molecule has 1 unspecified atom stereocenters. The first-order valence-electron chi connectivity index (χ1n) is 6.09. The molecule has 0 saturated heterocycles. The Morgan fingerprint density at radius 3 is 2.41 bits per heavy atom. The highest BCUT2D eigenvalue weighted by molar-refractivity contribution is 6.30. The van der Waals surface area contributed by atoms with E-state index in [0.717, 1.165) is 18.0 Å². The van der Waals surface area contributed by atoms with Crippen molar-refractivity contribution >= 4 is 11.6 Å². The molecule has 1 aromatic rings. The Morgan fingerprint density at radius 1 is 1.29 bits per heavy atom. The van der Waals surface area contributed by atoms with Crippen molar-refractivity contribution in [2.75, 3.05) is 13.1 Å². The Morgan fingerprint density at radius 2 is 1.88 bits per heavy atom. The molecule has 0 amide bonds. The summed E-state index contributed by atoms with van der Waals surface area (Å²) in [6, 6.07) is 7.87. The number of hydrogen-bond donors (Lipinski definition) is 2. The van der Waals surface area contributed by atoms with E-state index in [0.29, 0.717) is 6.54 Å². The summed E-state index contributed by atoms with van der Waals surface area (Å²) in [6.45, 7) is 7.41. The quantitative estimate of drug-likeness (QED) is 0.767. The SMILES string of the molecule is CC(C)C(C)(O)CNCCc1ccc(Cl)cc1. The van der Waals surface area contributed by atoms with Crippen LogP contribution in [0.15, 0.2) is 24.3 Å². The normalized spacial score (nSPS) is 14.9. The molecule has 0 radical (unpaired) electrons. The number of hydrogen-bond acceptors (Lipinski definition) is 2. The van der Waals surface area contributed by atoms with Crippen LogP contribution in [-0.4, -0.2) is 23.8 Å². The van der Waals surface area contributed by atoms with Gasteiger partial charge in [0.1, 0.15) is 0 Å². The highest BCUT2D eigenvalue weighted by Gasteiger charge is 2.23. The van der Waals surface area contributed by atoms with Gasteiger partial charge in [-0.25, -0.2) is 0 Å². The average Bonchev–Trinajstić information content (AvgIpc) is 2.26. The van der Waals surface area contributed by atoms with E-state index in [1.165, 1.54) is 5.56 Å². The second-order valence-corrected chi connectivity index (χ2v) is 5.50. The predicted octanol–water partition coefficient (Wildman–Crippen LogP) is 2.88. The molecule has 0 spiro atoms. The van der Waals surface area contributed by atoms with Gasteiger partial charge < -0.3 is 10.4 Å². The van der Waals surface area contributed by atoms with Crippen LogP contribution < -0.4 is 5.32 Å². The molecule has 0 fully saturated rings. The largest absolute Gasteiger partial charge is 0.389 e. The van der Waals surface area contributed by atoms with E-state index < -0.39 is 5.60 Å². The third-order valence-corrected chi connectivity index (χ3v) is 3.48. The van der Waals surface area contributed by atoms with E-state index in [2.05, 4.69) is 5.32 Å². The van der Waals surface area contributed by atoms with Crippen molar-refractivity contribution in [3.8, 4) is 0 Å². The Labute approximate surface area is 109 Å². The molecule has 3 heteroatoms. The minimum Gasteiger partial charge on any atom is -0.389 e.